The Morgan fingerprint density at radius 3 is 1.08 bits per heavy atom. The minimum Gasteiger partial charge on any atom is -0.862 e. The molecule has 23 heteroatoms. The zero-order chi connectivity index (χ0) is 51.4. The van der Waals surface area contributed by atoms with Crippen LogP contribution in [0.5, 0.6) is 0 Å². The molecule has 2 aliphatic rings. The SMILES string of the molecule is CC(O)(CC(=N)[O-])C(C)(O)C(C)(O)C(O)CO.CC(O)(CC[NH-])C(C)(O)C(C)(O)C(O)CO.CC1OC(CO)C(C)(O)C(C)(O)C1(C)O.CC1OC(CO)C(C)(O)C(C)(O)C1(C)O. The molecule has 380 valence electrons. The van der Waals surface area contributed by atoms with E-state index in [-0.39, 0.29) is 13.0 Å². The van der Waals surface area contributed by atoms with Crippen LogP contribution in [0.4, 0.5) is 0 Å². The number of ether oxygens (including phenoxy) is 2. The quantitative estimate of drug-likeness (QED) is 0.0570. The maximum Gasteiger partial charge on any atom is 0.124 e. The molecular weight excluding hydrogens is 844 g/mol. The van der Waals surface area contributed by atoms with Gasteiger partial charge in [-0.25, -0.2) is 0 Å². The zero-order valence-electron chi connectivity index (χ0n) is 39.2. The second kappa shape index (κ2) is 21.3. The van der Waals surface area contributed by atoms with E-state index in [1.54, 1.807) is 13.8 Å². The van der Waals surface area contributed by atoms with Crippen LogP contribution in [0.25, 0.3) is 5.73 Å². The number of aliphatic hydroxyl groups excluding tert-OH is 6. The molecule has 0 spiro atoms. The van der Waals surface area contributed by atoms with E-state index < -0.39 is 143 Å². The number of hydrogen-bond donors (Lipinski definition) is 19. The highest BCUT2D eigenvalue weighted by Crippen LogP contribution is 2.45. The Kier molecular flexibility index (Phi) is 21.5. The van der Waals surface area contributed by atoms with Gasteiger partial charge >= 0.3 is 0 Å². The maximum absolute atomic E-state index is 10.7. The summed E-state index contributed by atoms with van der Waals surface area (Å²) in [5, 5.41) is 193. The molecule has 2 saturated heterocycles. The van der Waals surface area contributed by atoms with Crippen LogP contribution in [0.1, 0.15) is 110 Å². The lowest BCUT2D eigenvalue weighted by atomic mass is 9.67. The van der Waals surface area contributed by atoms with Gasteiger partial charge in [0.25, 0.3) is 0 Å². The summed E-state index contributed by atoms with van der Waals surface area (Å²) < 4.78 is 10.6. The summed E-state index contributed by atoms with van der Waals surface area (Å²) in [6, 6.07) is 0. The zero-order valence-corrected chi connectivity index (χ0v) is 39.2. The van der Waals surface area contributed by atoms with Crippen LogP contribution in [-0.4, -0.2) is 235 Å². The molecule has 0 aromatic rings. The smallest absolute Gasteiger partial charge is 0.124 e. The number of rotatable bonds is 14. The van der Waals surface area contributed by atoms with Crippen molar-refractivity contribution in [1.29, 1.82) is 5.41 Å². The number of nitrogens with one attached hydrogen (secondary N) is 2. The van der Waals surface area contributed by atoms with Crippen molar-refractivity contribution in [2.45, 2.75) is 214 Å². The second-order valence-corrected chi connectivity index (χ2v) is 19.1. The largest absolute Gasteiger partial charge is 0.862 e. The molecule has 18 atom stereocenters. The molecule has 18 unspecified atom stereocenters. The molecule has 2 heterocycles. The van der Waals surface area contributed by atoms with Gasteiger partial charge in [-0.15, -0.1) is 6.54 Å². The van der Waals surface area contributed by atoms with E-state index in [0.717, 1.165) is 27.7 Å². The molecular formula is C40H82N2O21-2. The summed E-state index contributed by atoms with van der Waals surface area (Å²) in [5.41, 5.74) is -15.6. The molecule has 0 aliphatic carbocycles. The van der Waals surface area contributed by atoms with Gasteiger partial charge in [-0.2, -0.15) is 0 Å². The van der Waals surface area contributed by atoms with Gasteiger partial charge in [-0.3, -0.25) is 0 Å². The summed E-state index contributed by atoms with van der Waals surface area (Å²) in [5.74, 6) is -1.12. The first kappa shape index (κ1) is 63.7. The summed E-state index contributed by atoms with van der Waals surface area (Å²) in [6.07, 6.45) is -7.24. The Morgan fingerprint density at radius 2 is 0.857 bits per heavy atom. The van der Waals surface area contributed by atoms with Crippen molar-refractivity contribution in [2.24, 2.45) is 0 Å². The highest BCUT2D eigenvalue weighted by atomic mass is 16.6. The first-order chi connectivity index (χ1) is 27.6. The van der Waals surface area contributed by atoms with Crippen LogP contribution >= 0.6 is 0 Å². The molecule has 0 aromatic carbocycles. The Bertz CT molecular complexity index is 1380. The minimum absolute atomic E-state index is 0.0612. The van der Waals surface area contributed by atoms with E-state index in [4.69, 9.17) is 41.0 Å². The average Bonchev–Trinajstić information content (AvgIpc) is 3.13. The second-order valence-electron chi connectivity index (χ2n) is 19.1. The van der Waals surface area contributed by atoms with Crippen LogP contribution in [-0.2, 0) is 9.47 Å². The van der Waals surface area contributed by atoms with Crippen molar-refractivity contribution < 1.29 is 106 Å². The van der Waals surface area contributed by atoms with Crippen molar-refractivity contribution >= 4 is 5.90 Å². The van der Waals surface area contributed by atoms with Crippen LogP contribution in [0.15, 0.2) is 0 Å². The maximum atomic E-state index is 10.7. The fourth-order valence-corrected chi connectivity index (χ4v) is 6.97. The highest BCUT2D eigenvalue weighted by molar-refractivity contribution is 5.69. The number of hydrogen-bond acceptors (Lipinski definition) is 22. The molecule has 23 nitrogen and oxygen atoms in total. The molecule has 0 amide bonds. The van der Waals surface area contributed by atoms with Crippen LogP contribution < -0.4 is 5.11 Å². The van der Waals surface area contributed by atoms with Gasteiger partial charge in [0.15, 0.2) is 0 Å². The third-order valence-electron chi connectivity index (χ3n) is 14.7. The van der Waals surface area contributed by atoms with Crippen LogP contribution in [0.3, 0.4) is 0 Å². The lowest BCUT2D eigenvalue weighted by Gasteiger charge is -2.57. The average molecular weight is 927 g/mol. The van der Waals surface area contributed by atoms with Crippen molar-refractivity contribution in [3.05, 3.63) is 5.73 Å². The predicted molar refractivity (Wildman–Crippen MR) is 223 cm³/mol. The summed E-state index contributed by atoms with van der Waals surface area (Å²) in [7, 11) is 0. The van der Waals surface area contributed by atoms with E-state index in [9.17, 15) is 76.6 Å². The standard InChI is InChI=1S/C10H21NO6.C10H22NO5.2C10H20O5/c1-8(15,4-7(11)14)10(3,17)9(2,16)6(13)5-12;1-8(14,4-5-11)10(3,16)9(2,15)7(13)6-12;2*1-6-8(2,12)10(4,14)9(3,13)7(5-11)15-6/h6,12-13,15-17H,4-5H2,1-3H3,(H2,11,14);7,11-16H,4-6H2,1-3H3;2*6-7,11-14H,5H2,1-4H3/q;-1;;/p-1. The fraction of sp³-hybridized carbons (Fsp3) is 0.975. The van der Waals surface area contributed by atoms with Crippen molar-refractivity contribution in [1.82, 2.24) is 0 Å². The van der Waals surface area contributed by atoms with E-state index in [1.807, 2.05) is 0 Å². The monoisotopic (exact) mass is 927 g/mol. The van der Waals surface area contributed by atoms with Crippen molar-refractivity contribution in [3.63, 3.8) is 0 Å². The topological polar surface area (TPSA) is 453 Å². The van der Waals surface area contributed by atoms with Crippen LogP contribution in [0, 0.1) is 5.41 Å². The highest BCUT2D eigenvalue weighted by Gasteiger charge is 2.66. The summed E-state index contributed by atoms with van der Waals surface area (Å²) in [6.45, 7) is 15.5. The third kappa shape index (κ3) is 12.0. The van der Waals surface area contributed by atoms with Gasteiger partial charge in [-0.1, -0.05) is 0 Å². The molecule has 0 radical (unpaired) electrons. The minimum atomic E-state index is -2.29. The van der Waals surface area contributed by atoms with Gasteiger partial charge in [-0.05, 0) is 109 Å². The van der Waals surface area contributed by atoms with E-state index >= 15 is 0 Å². The molecule has 2 rings (SSSR count). The van der Waals surface area contributed by atoms with Gasteiger partial charge < -0.3 is 118 Å². The van der Waals surface area contributed by atoms with E-state index in [0.29, 0.717) is 0 Å². The molecule has 2 aliphatic heterocycles. The van der Waals surface area contributed by atoms with Gasteiger partial charge in [0.1, 0.15) is 80.4 Å². The lowest BCUT2D eigenvalue weighted by molar-refractivity contribution is -0.340. The van der Waals surface area contributed by atoms with Crippen LogP contribution in [0.2, 0.25) is 0 Å². The summed E-state index contributed by atoms with van der Waals surface area (Å²) in [4.78, 5) is 0. The van der Waals surface area contributed by atoms with Crippen molar-refractivity contribution in [2.75, 3.05) is 33.0 Å². The lowest BCUT2D eigenvalue weighted by Crippen LogP contribution is -2.76. The predicted octanol–water partition coefficient (Wildman–Crippen LogP) is -5.61. The Labute approximate surface area is 369 Å². The first-order valence-electron chi connectivity index (χ1n) is 20.3. The van der Waals surface area contributed by atoms with Gasteiger partial charge in [0, 0.05) is 6.42 Å². The van der Waals surface area contributed by atoms with E-state index in [1.165, 1.54) is 55.4 Å². The Morgan fingerprint density at radius 1 is 0.587 bits per heavy atom. The molecule has 0 saturated carbocycles. The van der Waals surface area contributed by atoms with Gasteiger partial charge in [0.05, 0.1) is 49.8 Å². The fourth-order valence-electron chi connectivity index (χ4n) is 6.97. The van der Waals surface area contributed by atoms with E-state index in [2.05, 4.69) is 0 Å². The molecule has 0 bridgehead atoms. The molecule has 2 fully saturated rings. The number of aliphatic hydroxyl groups is 18. The normalized spacial score (nSPS) is 40.0. The first-order valence-corrected chi connectivity index (χ1v) is 20.3. The molecule has 0 aromatic heterocycles. The van der Waals surface area contributed by atoms with Crippen molar-refractivity contribution in [3.8, 4) is 0 Å². The molecule has 63 heavy (non-hydrogen) atoms. The van der Waals surface area contributed by atoms with Gasteiger partial charge in [0.2, 0.25) is 0 Å². The Hall–Kier alpha value is -1.37. The summed E-state index contributed by atoms with van der Waals surface area (Å²) >= 11 is 0. The molecule has 20 N–H and O–H groups in total. The third-order valence-corrected chi connectivity index (χ3v) is 14.7. The Balaban J connectivity index is 0.